The van der Waals surface area contributed by atoms with Gasteiger partial charge in [0.05, 0.1) is 28.9 Å². The van der Waals surface area contributed by atoms with Gasteiger partial charge in [0.25, 0.3) is 0 Å². The predicted octanol–water partition coefficient (Wildman–Crippen LogP) is 4.23. The SMILES string of the molecule is COc1cccc2sc(N(Cc3ccccn3)C(=O)C3CCCN3S(=O)(=O)c3ccc(F)cc3)nc12. The van der Waals surface area contributed by atoms with E-state index in [9.17, 15) is 17.6 Å². The van der Waals surface area contributed by atoms with Gasteiger partial charge in [0.2, 0.25) is 15.9 Å². The van der Waals surface area contributed by atoms with Gasteiger partial charge in [-0.25, -0.2) is 17.8 Å². The molecule has 11 heteroatoms. The summed E-state index contributed by atoms with van der Waals surface area (Å²) < 4.78 is 47.7. The number of carbonyl (C=O) groups is 1. The van der Waals surface area contributed by atoms with E-state index in [1.54, 1.807) is 31.5 Å². The standard InChI is InChI=1S/C25H23FN4O4S2/c1-34-21-8-4-9-22-23(21)28-25(35-22)29(16-18-6-2-3-14-27-18)24(31)20-7-5-15-30(20)36(32,33)19-12-10-17(26)11-13-19/h2-4,6,8-14,20H,5,7,15-16H2,1H3. The molecule has 0 saturated carbocycles. The highest BCUT2D eigenvalue weighted by molar-refractivity contribution is 7.89. The molecule has 0 spiro atoms. The van der Waals surface area contributed by atoms with Crippen molar-refractivity contribution in [2.24, 2.45) is 0 Å². The average Bonchev–Trinajstić information content (AvgIpc) is 3.55. The summed E-state index contributed by atoms with van der Waals surface area (Å²) >= 11 is 1.32. The lowest BCUT2D eigenvalue weighted by molar-refractivity contribution is -0.121. The summed E-state index contributed by atoms with van der Waals surface area (Å²) in [4.78, 5) is 24.5. The monoisotopic (exact) mass is 526 g/mol. The van der Waals surface area contributed by atoms with Gasteiger partial charge in [0.1, 0.15) is 23.1 Å². The van der Waals surface area contributed by atoms with Crippen LogP contribution < -0.4 is 9.64 Å². The number of hydrogen-bond acceptors (Lipinski definition) is 7. The van der Waals surface area contributed by atoms with Crippen molar-refractivity contribution in [1.82, 2.24) is 14.3 Å². The lowest BCUT2D eigenvalue weighted by atomic mass is 10.2. The topological polar surface area (TPSA) is 92.7 Å². The first-order valence-electron chi connectivity index (χ1n) is 11.3. The van der Waals surface area contributed by atoms with Gasteiger partial charge in [-0.2, -0.15) is 4.31 Å². The molecule has 1 saturated heterocycles. The Bertz CT molecular complexity index is 1490. The van der Waals surface area contributed by atoms with Crippen LogP contribution >= 0.6 is 11.3 Å². The van der Waals surface area contributed by atoms with Gasteiger partial charge in [-0.3, -0.25) is 14.7 Å². The molecule has 0 bridgehead atoms. The molecule has 3 heterocycles. The minimum absolute atomic E-state index is 0.0513. The first kappa shape index (κ1) is 24.3. The number of carbonyl (C=O) groups excluding carboxylic acids is 1. The van der Waals surface area contributed by atoms with Crippen molar-refractivity contribution in [3.05, 3.63) is 78.4 Å². The molecule has 5 rings (SSSR count). The van der Waals surface area contributed by atoms with Gasteiger partial charge in [0.15, 0.2) is 5.13 Å². The Hall–Kier alpha value is -3.41. The number of aromatic nitrogens is 2. The highest BCUT2D eigenvalue weighted by atomic mass is 32.2. The van der Waals surface area contributed by atoms with Crippen LogP contribution in [0.3, 0.4) is 0 Å². The molecular weight excluding hydrogens is 503 g/mol. The highest BCUT2D eigenvalue weighted by Crippen LogP contribution is 2.36. The maximum atomic E-state index is 14.0. The van der Waals surface area contributed by atoms with Gasteiger partial charge in [0, 0.05) is 12.7 Å². The number of pyridine rings is 1. The second kappa shape index (κ2) is 9.92. The third kappa shape index (κ3) is 4.57. The molecule has 1 amide bonds. The predicted molar refractivity (Wildman–Crippen MR) is 135 cm³/mol. The minimum Gasteiger partial charge on any atom is -0.494 e. The number of halogens is 1. The number of nitrogens with zero attached hydrogens (tertiary/aromatic N) is 4. The number of sulfonamides is 1. The van der Waals surface area contributed by atoms with E-state index in [1.807, 2.05) is 18.2 Å². The van der Waals surface area contributed by atoms with Crippen LogP contribution in [0.15, 0.2) is 71.8 Å². The second-order valence-corrected chi connectivity index (χ2v) is 11.2. The van der Waals surface area contributed by atoms with E-state index < -0.39 is 21.9 Å². The molecule has 4 aromatic rings. The Kier molecular flexibility index (Phi) is 6.69. The van der Waals surface area contributed by atoms with Crippen LogP contribution in [0.2, 0.25) is 0 Å². The summed E-state index contributed by atoms with van der Waals surface area (Å²) in [6, 6.07) is 14.7. The number of anilines is 1. The van der Waals surface area contributed by atoms with Gasteiger partial charge in [-0.05, 0) is 61.4 Å². The van der Waals surface area contributed by atoms with Crippen molar-refractivity contribution in [1.29, 1.82) is 0 Å². The number of benzene rings is 2. The number of thiazole rings is 1. The van der Waals surface area contributed by atoms with Crippen LogP contribution in [0.4, 0.5) is 9.52 Å². The minimum atomic E-state index is -4.01. The van der Waals surface area contributed by atoms with Gasteiger partial charge >= 0.3 is 0 Å². The molecule has 0 N–H and O–H groups in total. The van der Waals surface area contributed by atoms with Crippen molar-refractivity contribution >= 4 is 42.6 Å². The van der Waals surface area contributed by atoms with Crippen molar-refractivity contribution in [2.75, 3.05) is 18.6 Å². The molecular formula is C25H23FN4O4S2. The smallest absolute Gasteiger partial charge is 0.247 e. The summed E-state index contributed by atoms with van der Waals surface area (Å²) in [5.41, 5.74) is 1.27. The van der Waals surface area contributed by atoms with Gasteiger partial charge < -0.3 is 4.74 Å². The highest BCUT2D eigenvalue weighted by Gasteiger charge is 2.42. The van der Waals surface area contributed by atoms with Crippen molar-refractivity contribution in [3.8, 4) is 5.75 Å². The summed E-state index contributed by atoms with van der Waals surface area (Å²) in [5.74, 6) is -0.334. The number of amides is 1. The number of para-hydroxylation sites is 1. The molecule has 0 aliphatic carbocycles. The van der Waals surface area contributed by atoms with E-state index in [-0.39, 0.29) is 23.9 Å². The fourth-order valence-electron chi connectivity index (χ4n) is 4.28. The Morgan fingerprint density at radius 3 is 2.69 bits per heavy atom. The maximum absolute atomic E-state index is 14.0. The van der Waals surface area contributed by atoms with E-state index in [4.69, 9.17) is 4.74 Å². The van der Waals surface area contributed by atoms with Crippen LogP contribution in [-0.4, -0.2) is 48.3 Å². The maximum Gasteiger partial charge on any atom is 0.247 e. The number of methoxy groups -OCH3 is 1. The summed E-state index contributed by atoms with van der Waals surface area (Å²) in [6.45, 7) is 0.323. The summed E-state index contributed by atoms with van der Waals surface area (Å²) in [7, 11) is -2.45. The normalized spacial score (nSPS) is 16.3. The van der Waals surface area contributed by atoms with Crippen LogP contribution in [-0.2, 0) is 21.4 Å². The van der Waals surface area contributed by atoms with Crippen LogP contribution in [0.1, 0.15) is 18.5 Å². The molecule has 1 aliphatic heterocycles. The van der Waals surface area contributed by atoms with Gasteiger partial charge in [-0.1, -0.05) is 23.5 Å². The molecule has 2 aromatic carbocycles. The van der Waals surface area contributed by atoms with E-state index in [1.165, 1.54) is 32.7 Å². The third-order valence-electron chi connectivity index (χ3n) is 6.04. The van der Waals surface area contributed by atoms with Crippen LogP contribution in [0.5, 0.6) is 5.75 Å². The zero-order valence-electron chi connectivity index (χ0n) is 19.4. The Balaban J connectivity index is 1.53. The Morgan fingerprint density at radius 1 is 1.17 bits per heavy atom. The van der Waals surface area contributed by atoms with Crippen molar-refractivity contribution in [3.63, 3.8) is 0 Å². The first-order chi connectivity index (χ1) is 17.4. The molecule has 1 fully saturated rings. The molecule has 8 nitrogen and oxygen atoms in total. The molecule has 1 aliphatic rings. The number of fused-ring (bicyclic) bond motifs is 1. The molecule has 36 heavy (non-hydrogen) atoms. The Labute approximate surface area is 212 Å². The van der Waals surface area contributed by atoms with Crippen molar-refractivity contribution < 1.29 is 22.3 Å². The average molecular weight is 527 g/mol. The molecule has 0 radical (unpaired) electrons. The largest absolute Gasteiger partial charge is 0.494 e. The van der Waals surface area contributed by atoms with Gasteiger partial charge in [-0.15, -0.1) is 0 Å². The van der Waals surface area contributed by atoms with E-state index in [0.717, 1.165) is 16.8 Å². The first-order valence-corrected chi connectivity index (χ1v) is 13.6. The zero-order chi connectivity index (χ0) is 25.3. The third-order valence-corrected chi connectivity index (χ3v) is 9.01. The Morgan fingerprint density at radius 2 is 1.97 bits per heavy atom. The van der Waals surface area contributed by atoms with Crippen LogP contribution in [0.25, 0.3) is 10.2 Å². The fraction of sp³-hybridized carbons (Fsp3) is 0.240. The van der Waals surface area contributed by atoms with E-state index >= 15 is 0 Å². The van der Waals surface area contributed by atoms with Crippen molar-refractivity contribution in [2.45, 2.75) is 30.3 Å². The molecule has 1 atom stereocenters. The fourth-order valence-corrected chi connectivity index (χ4v) is 6.92. The summed E-state index contributed by atoms with van der Waals surface area (Å²) in [5, 5.41) is 0.427. The lowest BCUT2D eigenvalue weighted by Gasteiger charge is -2.28. The molecule has 186 valence electrons. The van der Waals surface area contributed by atoms with Crippen LogP contribution in [0, 0.1) is 5.82 Å². The molecule has 1 unspecified atom stereocenters. The second-order valence-electron chi connectivity index (χ2n) is 8.28. The lowest BCUT2D eigenvalue weighted by Crippen LogP contribution is -2.47. The van der Waals surface area contributed by atoms with E-state index in [0.29, 0.717) is 34.9 Å². The zero-order valence-corrected chi connectivity index (χ0v) is 21.0. The quantitative estimate of drug-likeness (QED) is 0.358. The number of rotatable bonds is 7. The van der Waals surface area contributed by atoms with E-state index in [2.05, 4.69) is 9.97 Å². The summed E-state index contributed by atoms with van der Waals surface area (Å²) in [6.07, 6.45) is 2.54. The number of ether oxygens (including phenoxy) is 1. The number of hydrogen-bond donors (Lipinski definition) is 0. The molecule has 2 aromatic heterocycles.